The fourth-order valence-corrected chi connectivity index (χ4v) is 4.46. The molecule has 114 valence electrons. The van der Waals surface area contributed by atoms with Gasteiger partial charge in [0.2, 0.25) is 5.91 Å². The van der Waals surface area contributed by atoms with Gasteiger partial charge in [-0.3, -0.25) is 4.79 Å². The molecular weight excluding hydrogens is 280 g/mol. The van der Waals surface area contributed by atoms with E-state index in [1.54, 1.807) is 16.7 Å². The summed E-state index contributed by atoms with van der Waals surface area (Å²) >= 11 is 1.63. The van der Waals surface area contributed by atoms with Crippen molar-refractivity contribution in [2.75, 3.05) is 12.8 Å². The molecule has 2 N–H and O–H groups in total. The van der Waals surface area contributed by atoms with Crippen LogP contribution in [-0.2, 0) is 4.79 Å². The van der Waals surface area contributed by atoms with Gasteiger partial charge in [-0.1, -0.05) is 17.7 Å². The summed E-state index contributed by atoms with van der Waals surface area (Å²) in [6, 6.07) is 10.3. The van der Waals surface area contributed by atoms with Crippen LogP contribution in [0.5, 0.6) is 0 Å². The number of carbonyl (C=O) groups is 1. The minimum Gasteiger partial charge on any atom is -0.352 e. The third kappa shape index (κ3) is 3.61. The zero-order valence-corrected chi connectivity index (χ0v) is 13.7. The van der Waals surface area contributed by atoms with Gasteiger partial charge in [-0.2, -0.15) is 0 Å². The third-order valence-electron chi connectivity index (χ3n) is 5.05. The molecule has 2 bridgehead atoms. The molecule has 0 unspecified atom stereocenters. The summed E-state index contributed by atoms with van der Waals surface area (Å²) in [6.07, 6.45) is 4.98. The smallest absolute Gasteiger partial charge is 0.230 e. The molecule has 0 aromatic heterocycles. The highest BCUT2D eigenvalue weighted by atomic mass is 32.2. The molecule has 2 saturated heterocycles. The van der Waals surface area contributed by atoms with E-state index in [4.69, 9.17) is 0 Å². The van der Waals surface area contributed by atoms with Crippen LogP contribution in [0.25, 0.3) is 0 Å². The number of thioether (sulfide) groups is 1. The van der Waals surface area contributed by atoms with Crippen molar-refractivity contribution in [1.82, 2.24) is 5.32 Å². The minimum absolute atomic E-state index is 0.185. The fourth-order valence-electron chi connectivity index (χ4n) is 3.75. The van der Waals surface area contributed by atoms with Gasteiger partial charge in [0.1, 0.15) is 0 Å². The molecule has 21 heavy (non-hydrogen) atoms. The van der Waals surface area contributed by atoms with Crippen LogP contribution in [0.2, 0.25) is 0 Å². The average molecular weight is 305 g/mol. The molecule has 0 radical (unpaired) electrons. The molecule has 2 aliphatic heterocycles. The molecule has 2 aliphatic rings. The first-order valence-electron chi connectivity index (χ1n) is 7.94. The normalized spacial score (nSPS) is 31.1. The molecule has 0 saturated carbocycles. The second-order valence-corrected chi connectivity index (χ2v) is 7.60. The summed E-state index contributed by atoms with van der Waals surface area (Å²) in [5, 5.41) is 3.25. The van der Waals surface area contributed by atoms with Crippen molar-refractivity contribution in [3.8, 4) is 0 Å². The van der Waals surface area contributed by atoms with E-state index in [0.717, 1.165) is 24.9 Å². The maximum absolute atomic E-state index is 12.1. The van der Waals surface area contributed by atoms with Gasteiger partial charge in [0, 0.05) is 36.6 Å². The summed E-state index contributed by atoms with van der Waals surface area (Å²) in [7, 11) is 2.31. The first kappa shape index (κ1) is 14.9. The number of piperidine rings is 1. The predicted molar refractivity (Wildman–Crippen MR) is 86.8 cm³/mol. The van der Waals surface area contributed by atoms with Crippen LogP contribution >= 0.6 is 11.8 Å². The largest absolute Gasteiger partial charge is 0.352 e. The van der Waals surface area contributed by atoms with Crippen LogP contribution in [0, 0.1) is 6.92 Å². The topological polar surface area (TPSA) is 33.5 Å². The highest BCUT2D eigenvalue weighted by molar-refractivity contribution is 8.00. The second-order valence-electron chi connectivity index (χ2n) is 6.55. The van der Waals surface area contributed by atoms with Gasteiger partial charge in [0.25, 0.3) is 0 Å². The molecular formula is C17H25N2OS+. The van der Waals surface area contributed by atoms with E-state index in [1.165, 1.54) is 23.3 Å². The molecule has 2 heterocycles. The van der Waals surface area contributed by atoms with Gasteiger partial charge in [-0.25, -0.2) is 0 Å². The minimum atomic E-state index is 0.185. The van der Waals surface area contributed by atoms with Crippen LogP contribution in [0.3, 0.4) is 0 Å². The Morgan fingerprint density at radius 3 is 2.48 bits per heavy atom. The zero-order valence-electron chi connectivity index (χ0n) is 12.9. The van der Waals surface area contributed by atoms with Crippen LogP contribution in [0.15, 0.2) is 29.2 Å². The molecule has 1 aromatic rings. The van der Waals surface area contributed by atoms with Crippen molar-refractivity contribution >= 4 is 17.7 Å². The number of amides is 1. The fraction of sp³-hybridized carbons (Fsp3) is 0.588. The third-order valence-corrected chi connectivity index (χ3v) is 6.06. The van der Waals surface area contributed by atoms with Crippen molar-refractivity contribution < 1.29 is 9.69 Å². The Morgan fingerprint density at radius 1 is 1.24 bits per heavy atom. The quantitative estimate of drug-likeness (QED) is 0.825. The summed E-state index contributed by atoms with van der Waals surface area (Å²) in [5.41, 5.74) is 1.26. The summed E-state index contributed by atoms with van der Waals surface area (Å²) in [6.45, 7) is 2.08. The molecule has 1 aromatic carbocycles. The number of benzene rings is 1. The Bertz CT molecular complexity index is 488. The Balaban J connectivity index is 1.45. The number of hydrogen-bond donors (Lipinski definition) is 2. The SMILES string of the molecule is Cc1ccc(SCC(=O)NC2C[C@H]3CC[C@H](C2)[NH+]3C)cc1. The Kier molecular flexibility index (Phi) is 4.55. The average Bonchev–Trinajstić information content (AvgIpc) is 2.69. The summed E-state index contributed by atoms with van der Waals surface area (Å²) in [5.74, 6) is 0.710. The highest BCUT2D eigenvalue weighted by Gasteiger charge is 2.42. The van der Waals surface area contributed by atoms with E-state index in [-0.39, 0.29) is 5.91 Å². The monoisotopic (exact) mass is 305 g/mol. The van der Waals surface area contributed by atoms with Gasteiger partial charge < -0.3 is 10.2 Å². The van der Waals surface area contributed by atoms with Gasteiger partial charge in [-0.05, 0) is 19.1 Å². The molecule has 0 aliphatic carbocycles. The van der Waals surface area contributed by atoms with Crippen molar-refractivity contribution in [3.05, 3.63) is 29.8 Å². The second kappa shape index (κ2) is 6.41. The van der Waals surface area contributed by atoms with Gasteiger partial charge in [0.15, 0.2) is 0 Å². The predicted octanol–water partition coefficient (Wildman–Crippen LogP) is 1.41. The van der Waals surface area contributed by atoms with E-state index in [1.807, 2.05) is 0 Å². The van der Waals surface area contributed by atoms with Crippen LogP contribution < -0.4 is 10.2 Å². The van der Waals surface area contributed by atoms with E-state index in [9.17, 15) is 4.79 Å². The van der Waals surface area contributed by atoms with E-state index in [2.05, 4.69) is 43.6 Å². The van der Waals surface area contributed by atoms with Crippen molar-refractivity contribution in [3.63, 3.8) is 0 Å². The molecule has 0 spiro atoms. The van der Waals surface area contributed by atoms with E-state index < -0.39 is 0 Å². The number of rotatable bonds is 4. The Labute approximate surface area is 131 Å². The standard InChI is InChI=1S/C17H24N2OS/c1-12-3-7-16(8-4-12)21-11-17(20)18-13-9-14-5-6-15(10-13)19(14)2/h3-4,7-8,13-15H,5-6,9-11H2,1-2H3,(H,18,20)/p+1/t14-,15-/m1/s1. The number of aryl methyl sites for hydroxylation is 1. The van der Waals surface area contributed by atoms with Crippen LogP contribution in [-0.4, -0.2) is 36.8 Å². The van der Waals surface area contributed by atoms with Crippen molar-refractivity contribution in [2.45, 2.75) is 55.6 Å². The van der Waals surface area contributed by atoms with Gasteiger partial charge in [-0.15, -0.1) is 11.8 Å². The van der Waals surface area contributed by atoms with Gasteiger partial charge in [0.05, 0.1) is 24.9 Å². The lowest BCUT2D eigenvalue weighted by Crippen LogP contribution is -3.15. The van der Waals surface area contributed by atoms with Gasteiger partial charge >= 0.3 is 0 Å². The number of carbonyl (C=O) groups excluding carboxylic acids is 1. The first-order chi connectivity index (χ1) is 10.1. The van der Waals surface area contributed by atoms with Crippen molar-refractivity contribution in [2.24, 2.45) is 0 Å². The van der Waals surface area contributed by atoms with E-state index in [0.29, 0.717) is 11.8 Å². The number of hydrogen-bond acceptors (Lipinski definition) is 2. The number of nitrogens with one attached hydrogen (secondary N) is 2. The molecule has 2 fully saturated rings. The maximum Gasteiger partial charge on any atom is 0.230 e. The summed E-state index contributed by atoms with van der Waals surface area (Å²) in [4.78, 5) is 15.0. The highest BCUT2D eigenvalue weighted by Crippen LogP contribution is 2.23. The van der Waals surface area contributed by atoms with Crippen LogP contribution in [0.4, 0.5) is 0 Å². The lowest BCUT2D eigenvalue weighted by atomic mass is 9.98. The Hall–Kier alpha value is -1.00. The lowest BCUT2D eigenvalue weighted by molar-refractivity contribution is -0.922. The molecule has 3 rings (SSSR count). The van der Waals surface area contributed by atoms with E-state index >= 15 is 0 Å². The molecule has 4 heteroatoms. The zero-order chi connectivity index (χ0) is 14.8. The maximum atomic E-state index is 12.1. The number of quaternary nitrogens is 1. The van der Waals surface area contributed by atoms with Crippen molar-refractivity contribution in [1.29, 1.82) is 0 Å². The lowest BCUT2D eigenvalue weighted by Gasteiger charge is -2.33. The van der Waals surface area contributed by atoms with Crippen LogP contribution in [0.1, 0.15) is 31.2 Å². The Morgan fingerprint density at radius 2 is 1.86 bits per heavy atom. The molecule has 2 atom stereocenters. The first-order valence-corrected chi connectivity index (χ1v) is 8.92. The summed E-state index contributed by atoms with van der Waals surface area (Å²) < 4.78 is 0. The number of fused-ring (bicyclic) bond motifs is 2. The molecule has 1 amide bonds. The molecule has 3 nitrogen and oxygen atoms in total.